The van der Waals surface area contributed by atoms with E-state index < -0.39 is 0 Å². The summed E-state index contributed by atoms with van der Waals surface area (Å²) in [6.07, 6.45) is 0. The van der Waals surface area contributed by atoms with Crippen LogP contribution in [0.4, 0.5) is 0 Å². The van der Waals surface area contributed by atoms with Crippen LogP contribution in [0.15, 0.2) is 56.7 Å². The van der Waals surface area contributed by atoms with Crippen molar-refractivity contribution in [3.05, 3.63) is 58.1 Å². The van der Waals surface area contributed by atoms with Crippen molar-refractivity contribution in [3.63, 3.8) is 0 Å². The van der Waals surface area contributed by atoms with Gasteiger partial charge < -0.3 is 10.1 Å². The topological polar surface area (TPSA) is 21.3 Å². The van der Waals surface area contributed by atoms with Crippen LogP contribution < -0.4 is 5.32 Å². The second kappa shape index (κ2) is 8.59. The van der Waals surface area contributed by atoms with Gasteiger partial charge in [-0.25, -0.2) is 0 Å². The Kier molecular flexibility index (Phi) is 6.77. The summed E-state index contributed by atoms with van der Waals surface area (Å²) in [5.74, 6) is 0. The van der Waals surface area contributed by atoms with E-state index >= 15 is 0 Å². The Bertz CT molecular complexity index is 589. The molecule has 0 aliphatic carbocycles. The fraction of sp³-hybridized carbons (Fsp3) is 0.294. The first-order valence-electron chi connectivity index (χ1n) is 6.92. The molecule has 1 N–H and O–H groups in total. The van der Waals surface area contributed by atoms with Gasteiger partial charge >= 0.3 is 0 Å². The fourth-order valence-electron chi connectivity index (χ4n) is 1.96. The van der Waals surface area contributed by atoms with Crippen molar-refractivity contribution in [2.45, 2.75) is 23.3 Å². The minimum atomic E-state index is 0.733. The second-order valence-corrected chi connectivity index (χ2v) is 6.79. The predicted octanol–water partition coefficient (Wildman–Crippen LogP) is 4.64. The van der Waals surface area contributed by atoms with Crippen LogP contribution >= 0.6 is 27.7 Å². The third-order valence-corrected chi connectivity index (χ3v) is 4.91. The molecule has 0 heterocycles. The van der Waals surface area contributed by atoms with Crippen molar-refractivity contribution in [1.82, 2.24) is 5.32 Å². The Balaban J connectivity index is 2.13. The SMILES string of the molecule is COCCNCc1ccc(Br)cc1Sc1ccccc1C. The van der Waals surface area contributed by atoms with E-state index in [-0.39, 0.29) is 0 Å². The smallest absolute Gasteiger partial charge is 0.0587 e. The van der Waals surface area contributed by atoms with Gasteiger partial charge in [0.05, 0.1) is 6.61 Å². The second-order valence-electron chi connectivity index (χ2n) is 4.79. The van der Waals surface area contributed by atoms with Gasteiger partial charge in [0, 0.05) is 34.5 Å². The number of halogens is 1. The molecule has 0 radical (unpaired) electrons. The van der Waals surface area contributed by atoms with Crippen LogP contribution in [0.25, 0.3) is 0 Å². The first-order chi connectivity index (χ1) is 10.2. The Hall–Kier alpha value is -0.810. The van der Waals surface area contributed by atoms with E-state index in [0.717, 1.165) is 24.2 Å². The maximum atomic E-state index is 5.07. The van der Waals surface area contributed by atoms with Crippen LogP contribution in [0, 0.1) is 6.92 Å². The number of rotatable bonds is 7. The zero-order valence-corrected chi connectivity index (χ0v) is 14.8. The van der Waals surface area contributed by atoms with Crippen molar-refractivity contribution < 1.29 is 4.74 Å². The number of methoxy groups -OCH3 is 1. The van der Waals surface area contributed by atoms with E-state index in [4.69, 9.17) is 4.74 Å². The summed E-state index contributed by atoms with van der Waals surface area (Å²) in [6, 6.07) is 14.9. The van der Waals surface area contributed by atoms with E-state index in [1.807, 2.05) is 11.8 Å². The van der Waals surface area contributed by atoms with E-state index in [1.54, 1.807) is 7.11 Å². The molecule has 0 saturated carbocycles. The van der Waals surface area contributed by atoms with Crippen molar-refractivity contribution in [2.24, 2.45) is 0 Å². The molecule has 2 rings (SSSR count). The van der Waals surface area contributed by atoms with Crippen molar-refractivity contribution in [3.8, 4) is 0 Å². The van der Waals surface area contributed by atoms with Crippen LogP contribution in [0.5, 0.6) is 0 Å². The lowest BCUT2D eigenvalue weighted by molar-refractivity contribution is 0.199. The maximum Gasteiger partial charge on any atom is 0.0587 e. The molecule has 4 heteroatoms. The predicted molar refractivity (Wildman–Crippen MR) is 93.0 cm³/mol. The summed E-state index contributed by atoms with van der Waals surface area (Å²) >= 11 is 5.39. The molecule has 0 aliphatic heterocycles. The standard InChI is InChI=1S/C17H20BrNOS/c1-13-5-3-4-6-16(13)21-17-11-15(18)8-7-14(17)12-19-9-10-20-2/h3-8,11,19H,9-10,12H2,1-2H3. The summed E-state index contributed by atoms with van der Waals surface area (Å²) in [5, 5.41) is 3.41. The van der Waals surface area contributed by atoms with E-state index in [2.05, 4.69) is 70.6 Å². The van der Waals surface area contributed by atoms with Crippen LogP contribution in [0.1, 0.15) is 11.1 Å². The van der Waals surface area contributed by atoms with Gasteiger partial charge in [-0.05, 0) is 36.2 Å². The average molecular weight is 366 g/mol. The first-order valence-corrected chi connectivity index (χ1v) is 8.53. The Morgan fingerprint density at radius 2 is 1.95 bits per heavy atom. The fourth-order valence-corrected chi connectivity index (χ4v) is 3.54. The van der Waals surface area contributed by atoms with Crippen LogP contribution in [0.3, 0.4) is 0 Å². The van der Waals surface area contributed by atoms with Crippen LogP contribution in [-0.2, 0) is 11.3 Å². The highest BCUT2D eigenvalue weighted by Gasteiger charge is 2.07. The van der Waals surface area contributed by atoms with Crippen molar-refractivity contribution in [2.75, 3.05) is 20.3 Å². The van der Waals surface area contributed by atoms with Gasteiger partial charge in [-0.3, -0.25) is 0 Å². The summed E-state index contributed by atoms with van der Waals surface area (Å²) < 4.78 is 6.18. The number of benzene rings is 2. The highest BCUT2D eigenvalue weighted by Crippen LogP contribution is 2.34. The van der Waals surface area contributed by atoms with Gasteiger partial charge in [-0.15, -0.1) is 0 Å². The zero-order valence-electron chi connectivity index (χ0n) is 12.4. The Labute approximate surface area is 139 Å². The molecule has 2 aromatic rings. The average Bonchev–Trinajstić information content (AvgIpc) is 2.48. The van der Waals surface area contributed by atoms with E-state index in [9.17, 15) is 0 Å². The lowest BCUT2D eigenvalue weighted by Gasteiger charge is -2.12. The van der Waals surface area contributed by atoms with Crippen LogP contribution in [0.2, 0.25) is 0 Å². The molecule has 0 amide bonds. The van der Waals surface area contributed by atoms with E-state index in [0.29, 0.717) is 0 Å². The molecule has 112 valence electrons. The molecule has 21 heavy (non-hydrogen) atoms. The van der Waals surface area contributed by atoms with Gasteiger partial charge in [0.15, 0.2) is 0 Å². The molecule has 0 bridgehead atoms. The first kappa shape index (κ1) is 16.6. The van der Waals surface area contributed by atoms with E-state index in [1.165, 1.54) is 20.9 Å². The van der Waals surface area contributed by atoms with Gasteiger partial charge in [0.1, 0.15) is 0 Å². The number of ether oxygens (including phenoxy) is 1. The highest BCUT2D eigenvalue weighted by molar-refractivity contribution is 9.10. The lowest BCUT2D eigenvalue weighted by Crippen LogP contribution is -2.18. The minimum Gasteiger partial charge on any atom is -0.383 e. The maximum absolute atomic E-state index is 5.07. The quantitative estimate of drug-likeness (QED) is 0.721. The summed E-state index contributed by atoms with van der Waals surface area (Å²) in [5.41, 5.74) is 2.61. The number of nitrogens with one attached hydrogen (secondary N) is 1. The molecule has 2 nitrogen and oxygen atoms in total. The number of aryl methyl sites for hydroxylation is 1. The zero-order chi connectivity index (χ0) is 15.1. The third-order valence-electron chi connectivity index (χ3n) is 3.14. The molecule has 0 saturated heterocycles. The van der Waals surface area contributed by atoms with Crippen LogP contribution in [-0.4, -0.2) is 20.3 Å². The molecular weight excluding hydrogens is 346 g/mol. The molecule has 0 atom stereocenters. The van der Waals surface area contributed by atoms with Gasteiger partial charge in [0.2, 0.25) is 0 Å². The van der Waals surface area contributed by atoms with Gasteiger partial charge in [0.25, 0.3) is 0 Å². The number of hydrogen-bond donors (Lipinski definition) is 1. The number of hydrogen-bond acceptors (Lipinski definition) is 3. The normalized spacial score (nSPS) is 10.8. The molecule has 0 aliphatic rings. The van der Waals surface area contributed by atoms with Crippen molar-refractivity contribution >= 4 is 27.7 Å². The van der Waals surface area contributed by atoms with Gasteiger partial charge in [-0.2, -0.15) is 0 Å². The molecule has 2 aromatic carbocycles. The largest absolute Gasteiger partial charge is 0.383 e. The molecule has 0 aromatic heterocycles. The summed E-state index contributed by atoms with van der Waals surface area (Å²) in [6.45, 7) is 4.60. The summed E-state index contributed by atoms with van der Waals surface area (Å²) in [7, 11) is 1.72. The molecular formula is C17H20BrNOS. The third kappa shape index (κ3) is 5.15. The summed E-state index contributed by atoms with van der Waals surface area (Å²) in [4.78, 5) is 2.58. The minimum absolute atomic E-state index is 0.733. The lowest BCUT2D eigenvalue weighted by atomic mass is 10.2. The Morgan fingerprint density at radius 1 is 1.14 bits per heavy atom. The van der Waals surface area contributed by atoms with Gasteiger partial charge in [-0.1, -0.05) is 52.0 Å². The molecule has 0 unspecified atom stereocenters. The van der Waals surface area contributed by atoms with Crippen molar-refractivity contribution in [1.29, 1.82) is 0 Å². The molecule has 0 spiro atoms. The Morgan fingerprint density at radius 3 is 2.71 bits per heavy atom. The highest BCUT2D eigenvalue weighted by atomic mass is 79.9. The monoisotopic (exact) mass is 365 g/mol. The molecule has 0 fully saturated rings.